The van der Waals surface area contributed by atoms with Crippen molar-refractivity contribution in [3.8, 4) is 0 Å². The Kier molecular flexibility index (Phi) is 4.73. The van der Waals surface area contributed by atoms with Crippen LogP contribution in [0, 0.1) is 6.92 Å². The van der Waals surface area contributed by atoms with E-state index >= 15 is 0 Å². The van der Waals surface area contributed by atoms with E-state index < -0.39 is 17.5 Å². The van der Waals surface area contributed by atoms with Crippen LogP contribution in [0.2, 0.25) is 5.02 Å². The van der Waals surface area contributed by atoms with Gasteiger partial charge < -0.3 is 15.7 Å². The number of carbonyl (C=O) groups excluding carboxylic acids is 1. The van der Waals surface area contributed by atoms with Crippen molar-refractivity contribution in [2.75, 3.05) is 5.32 Å². The molecular weight excluding hydrogens is 292 g/mol. The van der Waals surface area contributed by atoms with Gasteiger partial charge in [0.1, 0.15) is 5.54 Å². The van der Waals surface area contributed by atoms with Crippen LogP contribution >= 0.6 is 11.6 Å². The molecule has 1 aliphatic rings. The third-order valence-corrected chi connectivity index (χ3v) is 4.15. The van der Waals surface area contributed by atoms with Crippen LogP contribution in [-0.2, 0) is 4.79 Å². The maximum Gasteiger partial charge on any atom is 0.329 e. The Morgan fingerprint density at radius 3 is 2.48 bits per heavy atom. The van der Waals surface area contributed by atoms with E-state index in [1.165, 1.54) is 0 Å². The Bertz CT molecular complexity index is 554. The molecule has 1 aliphatic carbocycles. The monoisotopic (exact) mass is 310 g/mol. The highest BCUT2D eigenvalue weighted by molar-refractivity contribution is 6.33. The SMILES string of the molecule is Cc1ccc(NC(=O)NC2(C(=O)O)CCCCC2)c(Cl)c1. The average Bonchev–Trinajstić information content (AvgIpc) is 2.43. The number of hydrogen-bond donors (Lipinski definition) is 3. The number of nitrogens with one attached hydrogen (secondary N) is 2. The molecule has 0 saturated heterocycles. The molecule has 0 bridgehead atoms. The number of anilines is 1. The third kappa shape index (κ3) is 3.67. The highest BCUT2D eigenvalue weighted by atomic mass is 35.5. The fourth-order valence-electron chi connectivity index (χ4n) is 2.64. The highest BCUT2D eigenvalue weighted by Gasteiger charge is 2.41. The number of carboxylic acid groups (broad SMARTS) is 1. The molecule has 21 heavy (non-hydrogen) atoms. The molecule has 114 valence electrons. The minimum Gasteiger partial charge on any atom is -0.480 e. The van der Waals surface area contributed by atoms with Gasteiger partial charge in [-0.2, -0.15) is 0 Å². The van der Waals surface area contributed by atoms with Crippen LogP contribution in [0.25, 0.3) is 0 Å². The lowest BCUT2D eigenvalue weighted by molar-refractivity contribution is -0.145. The minimum absolute atomic E-state index is 0.429. The van der Waals surface area contributed by atoms with Gasteiger partial charge in [-0.1, -0.05) is 36.9 Å². The fourth-order valence-corrected chi connectivity index (χ4v) is 2.92. The van der Waals surface area contributed by atoms with E-state index in [1.807, 2.05) is 13.0 Å². The average molecular weight is 311 g/mol. The first-order valence-corrected chi connectivity index (χ1v) is 7.39. The molecule has 6 heteroatoms. The first kappa shape index (κ1) is 15.6. The summed E-state index contributed by atoms with van der Waals surface area (Å²) in [5.74, 6) is -0.979. The fraction of sp³-hybridized carbons (Fsp3) is 0.467. The molecule has 0 heterocycles. The van der Waals surface area contributed by atoms with Gasteiger partial charge in [0.15, 0.2) is 0 Å². The van der Waals surface area contributed by atoms with Crippen molar-refractivity contribution in [2.45, 2.75) is 44.6 Å². The van der Waals surface area contributed by atoms with Crippen LogP contribution in [0.1, 0.15) is 37.7 Å². The molecule has 0 aliphatic heterocycles. The molecule has 2 rings (SSSR count). The van der Waals surface area contributed by atoms with E-state index in [2.05, 4.69) is 10.6 Å². The summed E-state index contributed by atoms with van der Waals surface area (Å²) in [7, 11) is 0. The second-order valence-corrected chi connectivity index (χ2v) is 5.92. The zero-order valence-corrected chi connectivity index (χ0v) is 12.7. The zero-order valence-electron chi connectivity index (χ0n) is 11.9. The number of halogens is 1. The maximum atomic E-state index is 12.1. The summed E-state index contributed by atoms with van der Waals surface area (Å²) in [6.45, 7) is 1.90. The number of aryl methyl sites for hydroxylation is 1. The van der Waals surface area contributed by atoms with Crippen molar-refractivity contribution >= 4 is 29.3 Å². The molecule has 2 amide bonds. The predicted octanol–water partition coefficient (Wildman–Crippen LogP) is 3.56. The number of hydrogen-bond acceptors (Lipinski definition) is 2. The number of amides is 2. The van der Waals surface area contributed by atoms with Gasteiger partial charge in [0.2, 0.25) is 0 Å². The molecule has 3 N–H and O–H groups in total. The second kappa shape index (κ2) is 6.35. The molecule has 1 aromatic rings. The van der Waals surface area contributed by atoms with Crippen LogP contribution in [0.15, 0.2) is 18.2 Å². The Balaban J connectivity index is 2.07. The van der Waals surface area contributed by atoms with E-state index in [4.69, 9.17) is 11.6 Å². The normalized spacial score (nSPS) is 17.0. The summed E-state index contributed by atoms with van der Waals surface area (Å²) < 4.78 is 0. The molecule has 1 saturated carbocycles. The minimum atomic E-state index is -1.17. The zero-order chi connectivity index (χ0) is 15.5. The molecule has 0 unspecified atom stereocenters. The molecular formula is C15H19ClN2O3. The lowest BCUT2D eigenvalue weighted by Crippen LogP contribution is -2.56. The van der Waals surface area contributed by atoms with Crippen LogP contribution in [0.5, 0.6) is 0 Å². The van der Waals surface area contributed by atoms with Crippen LogP contribution in [0.4, 0.5) is 10.5 Å². The Labute approximate surface area is 128 Å². The van der Waals surface area contributed by atoms with Crippen LogP contribution in [-0.4, -0.2) is 22.6 Å². The number of aliphatic carboxylic acids is 1. The van der Waals surface area contributed by atoms with Gasteiger partial charge in [0.25, 0.3) is 0 Å². The molecule has 0 aromatic heterocycles. The van der Waals surface area contributed by atoms with Gasteiger partial charge in [-0.15, -0.1) is 0 Å². The number of benzene rings is 1. The number of carboxylic acids is 1. The third-order valence-electron chi connectivity index (χ3n) is 3.84. The van der Waals surface area contributed by atoms with Gasteiger partial charge in [0.05, 0.1) is 10.7 Å². The molecule has 5 nitrogen and oxygen atoms in total. The Morgan fingerprint density at radius 1 is 1.24 bits per heavy atom. The van der Waals surface area contributed by atoms with E-state index in [-0.39, 0.29) is 0 Å². The molecule has 0 atom stereocenters. The summed E-state index contributed by atoms with van der Waals surface area (Å²) in [5.41, 5.74) is 0.288. The van der Waals surface area contributed by atoms with E-state index in [0.29, 0.717) is 23.6 Å². The van der Waals surface area contributed by atoms with Crippen LogP contribution < -0.4 is 10.6 Å². The van der Waals surface area contributed by atoms with Crippen molar-refractivity contribution in [1.29, 1.82) is 0 Å². The second-order valence-electron chi connectivity index (χ2n) is 5.51. The van der Waals surface area contributed by atoms with E-state index in [1.54, 1.807) is 12.1 Å². The molecule has 1 fully saturated rings. The highest BCUT2D eigenvalue weighted by Crippen LogP contribution is 2.29. The molecule has 0 radical (unpaired) electrons. The lowest BCUT2D eigenvalue weighted by Gasteiger charge is -2.33. The Morgan fingerprint density at radius 2 is 1.90 bits per heavy atom. The smallest absolute Gasteiger partial charge is 0.329 e. The quantitative estimate of drug-likeness (QED) is 0.798. The predicted molar refractivity (Wildman–Crippen MR) is 81.8 cm³/mol. The first-order chi connectivity index (χ1) is 9.93. The lowest BCUT2D eigenvalue weighted by atomic mass is 9.82. The van der Waals surface area contributed by atoms with Gasteiger partial charge in [-0.25, -0.2) is 9.59 Å². The van der Waals surface area contributed by atoms with Crippen molar-refractivity contribution in [3.63, 3.8) is 0 Å². The molecule has 1 aromatic carbocycles. The number of urea groups is 1. The standard InChI is InChI=1S/C15H19ClN2O3/c1-10-5-6-12(11(16)9-10)17-14(21)18-15(13(19)20)7-3-2-4-8-15/h5-6,9H,2-4,7-8H2,1H3,(H,19,20)(H2,17,18,21). The van der Waals surface area contributed by atoms with Crippen molar-refractivity contribution in [3.05, 3.63) is 28.8 Å². The Hall–Kier alpha value is -1.75. The summed E-state index contributed by atoms with van der Waals surface area (Å²) >= 11 is 6.05. The molecule has 0 spiro atoms. The maximum absolute atomic E-state index is 12.1. The van der Waals surface area contributed by atoms with Gasteiger partial charge >= 0.3 is 12.0 Å². The van der Waals surface area contributed by atoms with E-state index in [0.717, 1.165) is 24.8 Å². The van der Waals surface area contributed by atoms with Crippen LogP contribution in [0.3, 0.4) is 0 Å². The topological polar surface area (TPSA) is 78.4 Å². The summed E-state index contributed by atoms with van der Waals surface area (Å²) in [6.07, 6.45) is 3.52. The summed E-state index contributed by atoms with van der Waals surface area (Å²) in [5, 5.41) is 15.1. The largest absolute Gasteiger partial charge is 0.480 e. The summed E-state index contributed by atoms with van der Waals surface area (Å²) in [4.78, 5) is 23.6. The number of rotatable bonds is 3. The number of carbonyl (C=O) groups is 2. The van der Waals surface area contributed by atoms with Gasteiger partial charge in [0, 0.05) is 0 Å². The van der Waals surface area contributed by atoms with Gasteiger partial charge in [-0.3, -0.25) is 0 Å². The van der Waals surface area contributed by atoms with Crippen molar-refractivity contribution in [1.82, 2.24) is 5.32 Å². The van der Waals surface area contributed by atoms with Gasteiger partial charge in [-0.05, 0) is 37.5 Å². The van der Waals surface area contributed by atoms with E-state index in [9.17, 15) is 14.7 Å². The van der Waals surface area contributed by atoms with Crippen molar-refractivity contribution < 1.29 is 14.7 Å². The summed E-state index contributed by atoms with van der Waals surface area (Å²) in [6, 6.07) is 4.73. The van der Waals surface area contributed by atoms with Crippen molar-refractivity contribution in [2.24, 2.45) is 0 Å². The first-order valence-electron chi connectivity index (χ1n) is 7.02.